The lowest BCUT2D eigenvalue weighted by Gasteiger charge is -2.07. The maximum absolute atomic E-state index is 11.6. The Labute approximate surface area is 111 Å². The van der Waals surface area contributed by atoms with Crippen LogP contribution in [-0.4, -0.2) is 17.7 Å². The van der Waals surface area contributed by atoms with E-state index < -0.39 is 5.97 Å². The number of carbonyl (C=O) groups is 1. The first-order valence-corrected chi connectivity index (χ1v) is 6.50. The molecule has 1 N–H and O–H groups in total. The molecule has 0 fully saturated rings. The van der Waals surface area contributed by atoms with Crippen LogP contribution in [0, 0.1) is 0 Å². The van der Waals surface area contributed by atoms with Gasteiger partial charge in [0.15, 0.2) is 0 Å². The molecule has 0 heterocycles. The molecule has 1 aromatic carbocycles. The third kappa shape index (κ3) is 3.49. The molecular formula is C11H12Br2O3. The molecule has 16 heavy (non-hydrogen) atoms. The molecule has 0 saturated carbocycles. The Morgan fingerprint density at radius 3 is 2.75 bits per heavy atom. The predicted molar refractivity (Wildman–Crippen MR) is 68.7 cm³/mol. The van der Waals surface area contributed by atoms with E-state index in [0.717, 1.165) is 12.8 Å². The Kier molecular flexibility index (Phi) is 5.28. The van der Waals surface area contributed by atoms with E-state index in [2.05, 4.69) is 31.9 Å². The van der Waals surface area contributed by atoms with Crippen LogP contribution in [-0.2, 0) is 4.74 Å². The summed E-state index contributed by atoms with van der Waals surface area (Å²) in [7, 11) is 0. The lowest BCUT2D eigenvalue weighted by atomic mass is 10.2. The molecule has 0 unspecified atom stereocenters. The Morgan fingerprint density at radius 2 is 2.12 bits per heavy atom. The number of carbonyl (C=O) groups excluding carboxylic acids is 1. The molecule has 0 spiro atoms. The minimum Gasteiger partial charge on any atom is -0.506 e. The second-order valence-corrected chi connectivity index (χ2v) is 5.04. The van der Waals surface area contributed by atoms with Gasteiger partial charge in [0.25, 0.3) is 0 Å². The summed E-state index contributed by atoms with van der Waals surface area (Å²) in [4.78, 5) is 11.6. The summed E-state index contributed by atoms with van der Waals surface area (Å²) in [6, 6.07) is 3.20. The highest BCUT2D eigenvalue weighted by Crippen LogP contribution is 2.32. The van der Waals surface area contributed by atoms with Gasteiger partial charge < -0.3 is 9.84 Å². The monoisotopic (exact) mass is 350 g/mol. The average molecular weight is 352 g/mol. The number of hydrogen-bond donors (Lipinski definition) is 1. The molecule has 0 aliphatic carbocycles. The van der Waals surface area contributed by atoms with Gasteiger partial charge in [-0.05, 0) is 34.5 Å². The van der Waals surface area contributed by atoms with E-state index in [1.807, 2.05) is 6.92 Å². The van der Waals surface area contributed by atoms with Crippen molar-refractivity contribution in [2.75, 3.05) is 6.61 Å². The quantitative estimate of drug-likeness (QED) is 0.661. The van der Waals surface area contributed by atoms with Crippen LogP contribution in [0.4, 0.5) is 0 Å². The Hall–Kier alpha value is -0.550. The van der Waals surface area contributed by atoms with Gasteiger partial charge in [0.05, 0.1) is 11.1 Å². The van der Waals surface area contributed by atoms with Gasteiger partial charge in [-0.15, -0.1) is 0 Å². The number of phenolic OH excluding ortho intramolecular Hbond substituents is 1. The van der Waals surface area contributed by atoms with Gasteiger partial charge in [0.1, 0.15) is 11.3 Å². The highest BCUT2D eigenvalue weighted by Gasteiger charge is 2.15. The molecule has 0 amide bonds. The van der Waals surface area contributed by atoms with Crippen LogP contribution in [0.25, 0.3) is 0 Å². The van der Waals surface area contributed by atoms with Crippen molar-refractivity contribution in [1.29, 1.82) is 0 Å². The standard InChI is InChI=1S/C11H12Br2O3/c1-2-3-4-16-11(15)8-5-7(12)6-9(13)10(8)14/h5-6,14H,2-4H2,1H3. The largest absolute Gasteiger partial charge is 0.506 e. The van der Waals surface area contributed by atoms with Crippen molar-refractivity contribution in [3.05, 3.63) is 26.6 Å². The molecule has 1 rings (SSSR count). The molecule has 0 bridgehead atoms. The second kappa shape index (κ2) is 6.25. The number of phenols is 1. The van der Waals surface area contributed by atoms with Crippen molar-refractivity contribution in [2.45, 2.75) is 19.8 Å². The summed E-state index contributed by atoms with van der Waals surface area (Å²) in [6.07, 6.45) is 1.78. The van der Waals surface area contributed by atoms with Gasteiger partial charge in [0, 0.05) is 4.47 Å². The SMILES string of the molecule is CCCCOC(=O)c1cc(Br)cc(Br)c1O. The fourth-order valence-electron chi connectivity index (χ4n) is 1.11. The normalized spacial score (nSPS) is 10.2. The van der Waals surface area contributed by atoms with Crippen LogP contribution in [0.1, 0.15) is 30.1 Å². The second-order valence-electron chi connectivity index (χ2n) is 3.27. The van der Waals surface area contributed by atoms with E-state index in [9.17, 15) is 9.90 Å². The lowest BCUT2D eigenvalue weighted by molar-refractivity contribution is 0.0496. The Bertz CT molecular complexity index is 391. The van der Waals surface area contributed by atoms with Crippen molar-refractivity contribution in [1.82, 2.24) is 0 Å². The summed E-state index contributed by atoms with van der Waals surface area (Å²) < 4.78 is 6.19. The zero-order valence-electron chi connectivity index (χ0n) is 8.80. The molecule has 0 aromatic heterocycles. The van der Waals surface area contributed by atoms with E-state index in [0.29, 0.717) is 15.6 Å². The maximum Gasteiger partial charge on any atom is 0.341 e. The van der Waals surface area contributed by atoms with Gasteiger partial charge in [-0.2, -0.15) is 0 Å². The third-order valence-corrected chi connectivity index (χ3v) is 3.04. The van der Waals surface area contributed by atoms with Crippen molar-refractivity contribution in [2.24, 2.45) is 0 Å². The molecule has 3 nitrogen and oxygen atoms in total. The summed E-state index contributed by atoms with van der Waals surface area (Å²) in [5, 5.41) is 9.68. The van der Waals surface area contributed by atoms with Crippen LogP contribution in [0.3, 0.4) is 0 Å². The van der Waals surface area contributed by atoms with Crippen LogP contribution in [0.5, 0.6) is 5.75 Å². The molecule has 0 aliphatic rings. The molecule has 0 atom stereocenters. The van der Waals surface area contributed by atoms with Gasteiger partial charge in [-0.3, -0.25) is 0 Å². The van der Waals surface area contributed by atoms with Crippen molar-refractivity contribution in [3.63, 3.8) is 0 Å². The topological polar surface area (TPSA) is 46.5 Å². The molecule has 0 radical (unpaired) electrons. The molecule has 88 valence electrons. The molecule has 1 aromatic rings. The summed E-state index contributed by atoms with van der Waals surface area (Å²) in [5.74, 6) is -0.599. The van der Waals surface area contributed by atoms with Gasteiger partial charge >= 0.3 is 5.97 Å². The minimum atomic E-state index is -0.507. The van der Waals surface area contributed by atoms with Crippen LogP contribution in [0.2, 0.25) is 0 Å². The third-order valence-electron chi connectivity index (χ3n) is 1.98. The van der Waals surface area contributed by atoms with Gasteiger partial charge in [-0.25, -0.2) is 4.79 Å². The molecular weight excluding hydrogens is 340 g/mol. The fraction of sp³-hybridized carbons (Fsp3) is 0.364. The summed E-state index contributed by atoms with van der Waals surface area (Å²) in [5.41, 5.74) is 0.164. The van der Waals surface area contributed by atoms with E-state index in [1.54, 1.807) is 6.07 Å². The molecule has 0 aliphatic heterocycles. The van der Waals surface area contributed by atoms with Crippen LogP contribution in [0.15, 0.2) is 21.1 Å². The average Bonchev–Trinajstić information content (AvgIpc) is 2.23. The summed E-state index contributed by atoms with van der Waals surface area (Å²) >= 11 is 6.41. The fourth-order valence-corrected chi connectivity index (χ4v) is 2.33. The van der Waals surface area contributed by atoms with E-state index in [4.69, 9.17) is 4.74 Å². The highest BCUT2D eigenvalue weighted by molar-refractivity contribution is 9.11. The number of ether oxygens (including phenoxy) is 1. The van der Waals surface area contributed by atoms with Gasteiger partial charge in [0.2, 0.25) is 0 Å². The molecule has 5 heteroatoms. The summed E-state index contributed by atoms with van der Waals surface area (Å²) in [6.45, 7) is 2.39. The zero-order chi connectivity index (χ0) is 12.1. The lowest BCUT2D eigenvalue weighted by Crippen LogP contribution is -2.06. The maximum atomic E-state index is 11.6. The van der Waals surface area contributed by atoms with Crippen molar-refractivity contribution in [3.8, 4) is 5.75 Å². The number of aromatic hydroxyl groups is 1. The van der Waals surface area contributed by atoms with Gasteiger partial charge in [-0.1, -0.05) is 29.3 Å². The Morgan fingerprint density at radius 1 is 1.44 bits per heavy atom. The smallest absolute Gasteiger partial charge is 0.341 e. The highest BCUT2D eigenvalue weighted by atomic mass is 79.9. The number of esters is 1. The van der Waals surface area contributed by atoms with E-state index in [-0.39, 0.29) is 11.3 Å². The first-order valence-electron chi connectivity index (χ1n) is 4.91. The Balaban J connectivity index is 2.82. The number of rotatable bonds is 4. The predicted octanol–water partition coefficient (Wildman–Crippen LogP) is 3.87. The first kappa shape index (κ1) is 13.5. The number of hydrogen-bond acceptors (Lipinski definition) is 3. The zero-order valence-corrected chi connectivity index (χ0v) is 12.0. The van der Waals surface area contributed by atoms with Crippen LogP contribution < -0.4 is 0 Å². The number of benzene rings is 1. The van der Waals surface area contributed by atoms with Crippen LogP contribution >= 0.6 is 31.9 Å². The van der Waals surface area contributed by atoms with Crippen molar-refractivity contribution >= 4 is 37.8 Å². The van der Waals surface area contributed by atoms with E-state index in [1.165, 1.54) is 6.07 Å². The molecule has 0 saturated heterocycles. The number of halogens is 2. The van der Waals surface area contributed by atoms with Crippen molar-refractivity contribution < 1.29 is 14.6 Å². The minimum absolute atomic E-state index is 0.0929. The number of unbranched alkanes of at least 4 members (excludes halogenated alkanes) is 1. The first-order chi connectivity index (χ1) is 7.56. The van der Waals surface area contributed by atoms with E-state index >= 15 is 0 Å².